The number of rotatable bonds is 6. The highest BCUT2D eigenvalue weighted by atomic mass is 32.1. The second kappa shape index (κ2) is 13.2. The minimum absolute atomic E-state index is 0.0358. The number of thiophene rings is 1. The van der Waals surface area contributed by atoms with Gasteiger partial charge < -0.3 is 4.90 Å². The van der Waals surface area contributed by atoms with Gasteiger partial charge in [0.05, 0.1) is 0 Å². The lowest BCUT2D eigenvalue weighted by molar-refractivity contribution is 0.660. The van der Waals surface area contributed by atoms with Gasteiger partial charge in [0.2, 0.25) is 0 Å². The highest BCUT2D eigenvalue weighted by Crippen LogP contribution is 2.50. The molecule has 9 aromatic carbocycles. The second-order valence-corrected chi connectivity index (χ2v) is 16.8. The molecule has 0 spiro atoms. The molecule has 1 heterocycles. The van der Waals surface area contributed by atoms with Gasteiger partial charge in [-0.1, -0.05) is 153 Å². The average Bonchev–Trinajstić information content (AvgIpc) is 3.76. The SMILES string of the molecule is CC1(C)c2ccccc2-c2ccc(-c3ccc(N(c4ccc(-c5ccc6ccccc6c5)cc4)c4ccc(-c5cccc6sc7ccccc7c56)cc4)cc3)cc21. The lowest BCUT2D eigenvalue weighted by Gasteiger charge is -2.26. The molecule has 0 saturated heterocycles. The molecule has 0 unspecified atom stereocenters. The highest BCUT2D eigenvalue weighted by Gasteiger charge is 2.35. The predicted molar refractivity (Wildman–Crippen MR) is 245 cm³/mol. The van der Waals surface area contributed by atoms with Crippen molar-refractivity contribution in [2.45, 2.75) is 19.3 Å². The van der Waals surface area contributed by atoms with Gasteiger partial charge in [-0.15, -0.1) is 11.3 Å². The van der Waals surface area contributed by atoms with Crippen molar-refractivity contribution in [1.29, 1.82) is 0 Å². The normalized spacial score (nSPS) is 12.9. The van der Waals surface area contributed by atoms with Crippen LogP contribution in [0.5, 0.6) is 0 Å². The number of benzene rings is 9. The van der Waals surface area contributed by atoms with Gasteiger partial charge in [0.1, 0.15) is 0 Å². The van der Waals surface area contributed by atoms with Crippen molar-refractivity contribution >= 4 is 59.3 Å². The topological polar surface area (TPSA) is 3.24 Å². The van der Waals surface area contributed by atoms with Crippen LogP contribution in [0.15, 0.2) is 200 Å². The van der Waals surface area contributed by atoms with Crippen molar-refractivity contribution in [1.82, 2.24) is 0 Å². The van der Waals surface area contributed by atoms with Gasteiger partial charge in [-0.25, -0.2) is 0 Å². The number of nitrogens with zero attached hydrogens (tertiary/aromatic N) is 1. The van der Waals surface area contributed by atoms with Crippen molar-refractivity contribution in [3.63, 3.8) is 0 Å². The molecular weight excluding hydrogens is 707 g/mol. The molecule has 0 saturated carbocycles. The Morgan fingerprint density at radius 3 is 1.63 bits per heavy atom. The fourth-order valence-corrected chi connectivity index (χ4v) is 10.2. The van der Waals surface area contributed by atoms with Crippen LogP contribution < -0.4 is 4.90 Å². The van der Waals surface area contributed by atoms with E-state index in [-0.39, 0.29) is 5.41 Å². The van der Waals surface area contributed by atoms with E-state index >= 15 is 0 Å². The fourth-order valence-electron chi connectivity index (χ4n) is 9.11. The van der Waals surface area contributed by atoms with E-state index in [1.807, 2.05) is 11.3 Å². The number of hydrogen-bond donors (Lipinski definition) is 0. The largest absolute Gasteiger partial charge is 0.311 e. The van der Waals surface area contributed by atoms with Crippen molar-refractivity contribution in [3.8, 4) is 44.5 Å². The summed E-state index contributed by atoms with van der Waals surface area (Å²) in [5.41, 5.74) is 16.2. The predicted octanol–water partition coefficient (Wildman–Crippen LogP) is 16.0. The monoisotopic (exact) mass is 745 g/mol. The average molecular weight is 746 g/mol. The molecule has 0 aliphatic heterocycles. The zero-order valence-electron chi connectivity index (χ0n) is 31.9. The molecule has 0 amide bonds. The molecule has 11 rings (SSSR count). The van der Waals surface area contributed by atoms with Gasteiger partial charge in [-0.05, 0) is 127 Å². The van der Waals surface area contributed by atoms with E-state index in [0.29, 0.717) is 0 Å². The van der Waals surface area contributed by atoms with Crippen LogP contribution in [0.3, 0.4) is 0 Å². The first-order valence-electron chi connectivity index (χ1n) is 19.7. The maximum Gasteiger partial charge on any atom is 0.0462 e. The van der Waals surface area contributed by atoms with Gasteiger partial charge >= 0.3 is 0 Å². The number of anilines is 3. The maximum atomic E-state index is 2.41. The highest BCUT2D eigenvalue weighted by molar-refractivity contribution is 7.25. The molecule has 1 nitrogen and oxygen atoms in total. The Morgan fingerprint density at radius 2 is 0.895 bits per heavy atom. The molecule has 0 radical (unpaired) electrons. The Bertz CT molecular complexity index is 3130. The minimum atomic E-state index is -0.0358. The molecule has 2 heteroatoms. The molecule has 1 aromatic heterocycles. The first-order chi connectivity index (χ1) is 28.0. The summed E-state index contributed by atoms with van der Waals surface area (Å²) < 4.78 is 2.65. The molecule has 270 valence electrons. The molecule has 0 atom stereocenters. The smallest absolute Gasteiger partial charge is 0.0462 e. The number of fused-ring (bicyclic) bond motifs is 7. The van der Waals surface area contributed by atoms with Crippen LogP contribution in [-0.4, -0.2) is 0 Å². The van der Waals surface area contributed by atoms with Crippen LogP contribution in [0.25, 0.3) is 75.5 Å². The summed E-state index contributed by atoms with van der Waals surface area (Å²) in [7, 11) is 0. The minimum Gasteiger partial charge on any atom is -0.311 e. The Labute approximate surface area is 337 Å². The van der Waals surface area contributed by atoms with Gasteiger partial charge in [0.15, 0.2) is 0 Å². The van der Waals surface area contributed by atoms with Gasteiger partial charge in [0.25, 0.3) is 0 Å². The molecular formula is C55H39NS. The van der Waals surface area contributed by atoms with E-state index in [4.69, 9.17) is 0 Å². The summed E-state index contributed by atoms with van der Waals surface area (Å²) in [4.78, 5) is 2.38. The summed E-state index contributed by atoms with van der Waals surface area (Å²) in [6.07, 6.45) is 0. The van der Waals surface area contributed by atoms with Gasteiger partial charge in [0, 0.05) is 42.6 Å². The van der Waals surface area contributed by atoms with Crippen molar-refractivity contribution in [3.05, 3.63) is 211 Å². The van der Waals surface area contributed by atoms with Crippen LogP contribution in [0.1, 0.15) is 25.0 Å². The maximum absolute atomic E-state index is 2.41. The van der Waals surface area contributed by atoms with Crippen molar-refractivity contribution < 1.29 is 0 Å². The summed E-state index contributed by atoms with van der Waals surface area (Å²) in [5, 5.41) is 5.17. The van der Waals surface area contributed by atoms with Gasteiger partial charge in [-0.3, -0.25) is 0 Å². The van der Waals surface area contributed by atoms with E-state index in [2.05, 4.69) is 219 Å². The summed E-state index contributed by atoms with van der Waals surface area (Å²) in [6, 6.07) is 73.8. The molecule has 1 aliphatic carbocycles. The molecule has 1 aliphatic rings. The Morgan fingerprint density at radius 1 is 0.368 bits per heavy atom. The lowest BCUT2D eigenvalue weighted by Crippen LogP contribution is -2.14. The molecule has 57 heavy (non-hydrogen) atoms. The zero-order chi connectivity index (χ0) is 38.1. The molecule has 0 bridgehead atoms. The quantitative estimate of drug-likeness (QED) is 0.164. The first-order valence-corrected chi connectivity index (χ1v) is 20.6. The Balaban J connectivity index is 0.977. The third-order valence-electron chi connectivity index (χ3n) is 12.1. The van der Waals surface area contributed by atoms with Crippen LogP contribution in [0.4, 0.5) is 17.1 Å². The first kappa shape index (κ1) is 33.6. The Hall–Kier alpha value is -6.74. The lowest BCUT2D eigenvalue weighted by atomic mass is 9.81. The van der Waals surface area contributed by atoms with E-state index in [9.17, 15) is 0 Å². The van der Waals surface area contributed by atoms with Crippen molar-refractivity contribution in [2.24, 2.45) is 0 Å². The molecule has 0 N–H and O–H groups in total. The Kier molecular flexibility index (Phi) is 7.77. The van der Waals surface area contributed by atoms with E-state index in [1.54, 1.807) is 0 Å². The number of hydrogen-bond acceptors (Lipinski definition) is 2. The van der Waals surface area contributed by atoms with E-state index < -0.39 is 0 Å². The van der Waals surface area contributed by atoms with Crippen LogP contribution in [-0.2, 0) is 5.41 Å². The van der Waals surface area contributed by atoms with E-state index in [1.165, 1.54) is 86.6 Å². The fraction of sp³-hybridized carbons (Fsp3) is 0.0545. The second-order valence-electron chi connectivity index (χ2n) is 15.7. The third kappa shape index (κ3) is 5.59. The van der Waals surface area contributed by atoms with E-state index in [0.717, 1.165) is 17.1 Å². The van der Waals surface area contributed by atoms with Crippen molar-refractivity contribution in [2.75, 3.05) is 4.90 Å². The molecule has 0 fully saturated rings. The molecule has 10 aromatic rings. The third-order valence-corrected chi connectivity index (χ3v) is 13.2. The van der Waals surface area contributed by atoms with Gasteiger partial charge in [-0.2, -0.15) is 0 Å². The summed E-state index contributed by atoms with van der Waals surface area (Å²) in [6.45, 7) is 4.70. The van der Waals surface area contributed by atoms with Crippen LogP contribution in [0, 0.1) is 0 Å². The summed E-state index contributed by atoms with van der Waals surface area (Å²) in [5.74, 6) is 0. The summed E-state index contributed by atoms with van der Waals surface area (Å²) >= 11 is 1.87. The standard InChI is InChI=1S/C55H39NS/c1-55(2)50-15-7-5-12-47(50)48-33-26-42(35-51(48)55)38-22-29-44(30-23-38)56(43-27-20-37(21-28-43)41-19-18-36-10-3-4-11-40(36)34-41)45-31-24-39(25-32-45)46-14-9-17-53-54(46)49-13-6-8-16-52(49)57-53/h3-35H,1-2H3. The zero-order valence-corrected chi connectivity index (χ0v) is 32.7. The van der Waals surface area contributed by atoms with Crippen LogP contribution in [0.2, 0.25) is 0 Å². The van der Waals surface area contributed by atoms with Crippen LogP contribution >= 0.6 is 11.3 Å².